The number of hydrogen-bond donors (Lipinski definition) is 4. The molecule has 2 aromatic heterocycles. The van der Waals surface area contributed by atoms with Gasteiger partial charge in [-0.3, -0.25) is 15.4 Å². The van der Waals surface area contributed by atoms with Gasteiger partial charge in [0.15, 0.2) is 0 Å². The molecule has 0 bridgehead atoms. The summed E-state index contributed by atoms with van der Waals surface area (Å²) in [5.74, 6) is 0.137. The zero-order valence-corrected chi connectivity index (χ0v) is 15.9. The van der Waals surface area contributed by atoms with E-state index in [0.29, 0.717) is 28.5 Å². The van der Waals surface area contributed by atoms with Gasteiger partial charge in [0.1, 0.15) is 6.10 Å². The number of aliphatic imine (C=N–C) groups is 1. The van der Waals surface area contributed by atoms with Crippen molar-refractivity contribution in [1.82, 2.24) is 15.3 Å². The van der Waals surface area contributed by atoms with Crippen LogP contribution < -0.4 is 15.8 Å². The maximum Gasteiger partial charge on any atom is 0.214 e. The Bertz CT molecular complexity index is 875. The highest BCUT2D eigenvalue weighted by Gasteiger charge is 2.18. The number of ether oxygens (including phenoxy) is 1. The van der Waals surface area contributed by atoms with Gasteiger partial charge in [0.05, 0.1) is 34.9 Å². The van der Waals surface area contributed by atoms with Crippen LogP contribution >= 0.6 is 0 Å². The predicted molar refractivity (Wildman–Crippen MR) is 111 cm³/mol. The van der Waals surface area contributed by atoms with Crippen molar-refractivity contribution in [2.45, 2.75) is 24.9 Å². The first kappa shape index (κ1) is 19.6. The molecule has 2 unspecified atom stereocenters. The lowest BCUT2D eigenvalue weighted by Gasteiger charge is -2.23. The van der Waals surface area contributed by atoms with E-state index in [1.54, 1.807) is 31.5 Å². The zero-order chi connectivity index (χ0) is 19.9. The van der Waals surface area contributed by atoms with Gasteiger partial charge in [-0.25, -0.2) is 4.98 Å². The van der Waals surface area contributed by atoms with Crippen LogP contribution in [-0.4, -0.2) is 54.3 Å². The summed E-state index contributed by atoms with van der Waals surface area (Å²) < 4.78 is 5.96. The summed E-state index contributed by atoms with van der Waals surface area (Å²) in [6.45, 7) is 1.81. The molecule has 0 amide bonds. The first-order valence-electron chi connectivity index (χ1n) is 9.24. The second-order valence-corrected chi connectivity index (χ2v) is 6.62. The molecule has 1 saturated heterocycles. The average Bonchev–Trinajstić information content (AvgIpc) is 2.73. The highest BCUT2D eigenvalue weighted by molar-refractivity contribution is 6.12. The molecule has 0 spiro atoms. The Morgan fingerprint density at radius 3 is 3.04 bits per heavy atom. The summed E-state index contributed by atoms with van der Waals surface area (Å²) >= 11 is 0. The summed E-state index contributed by atoms with van der Waals surface area (Å²) in [4.78, 5) is 12.7. The molecule has 8 nitrogen and oxygen atoms in total. The number of piperidine rings is 1. The van der Waals surface area contributed by atoms with Crippen LogP contribution in [0.1, 0.15) is 35.7 Å². The number of nitrogens with two attached hydrogens (primary N) is 1. The van der Waals surface area contributed by atoms with E-state index in [0.717, 1.165) is 25.9 Å². The third kappa shape index (κ3) is 4.58. The number of nitrogen functional groups attached to an aromatic ring is 1. The summed E-state index contributed by atoms with van der Waals surface area (Å²) in [5, 5.41) is 19.5. The minimum Gasteiger partial charge on any atom is -0.473 e. The van der Waals surface area contributed by atoms with Gasteiger partial charge in [-0.1, -0.05) is 6.07 Å². The lowest BCUT2D eigenvalue weighted by atomic mass is 10.0. The molecule has 1 fully saturated rings. The van der Waals surface area contributed by atoms with E-state index in [1.807, 2.05) is 6.07 Å². The summed E-state index contributed by atoms with van der Waals surface area (Å²) in [6, 6.07) is 7.10. The maximum absolute atomic E-state index is 8.60. The average molecular weight is 379 g/mol. The Morgan fingerprint density at radius 1 is 1.46 bits per heavy atom. The Hall–Kier alpha value is -3.13. The normalized spacial score (nSPS) is 18.0. The molecule has 1 aliphatic rings. The summed E-state index contributed by atoms with van der Waals surface area (Å²) in [7, 11) is 1.65. The van der Waals surface area contributed by atoms with Crippen molar-refractivity contribution in [3.8, 4) is 5.88 Å². The number of pyridine rings is 2. The molecule has 0 aromatic carbocycles. The fourth-order valence-corrected chi connectivity index (χ4v) is 3.10. The van der Waals surface area contributed by atoms with Gasteiger partial charge in [0.25, 0.3) is 0 Å². The fraction of sp³-hybridized carbons (Fsp3) is 0.350. The van der Waals surface area contributed by atoms with Crippen molar-refractivity contribution in [3.63, 3.8) is 0 Å². The van der Waals surface area contributed by atoms with Gasteiger partial charge in [0.2, 0.25) is 5.88 Å². The molecule has 5 N–H and O–H groups in total. The number of anilines is 1. The zero-order valence-electron chi connectivity index (χ0n) is 15.9. The standard InChI is InChI=1S/C20H25N7O/c1-24-10-13(9-21)18-8-15(16(22)12-26-18)20(23)17-5-2-6-19(27-17)28-14-4-3-7-25-11-14/h2,5-6,8-10,12-14,21,23,25H,3-4,7,11,22H2,1H3. The van der Waals surface area contributed by atoms with E-state index >= 15 is 0 Å². The Kier molecular flexibility index (Phi) is 6.44. The van der Waals surface area contributed by atoms with Crippen molar-refractivity contribution in [2.24, 2.45) is 4.99 Å². The van der Waals surface area contributed by atoms with Crippen LogP contribution in [0.25, 0.3) is 0 Å². The number of rotatable bonds is 7. The van der Waals surface area contributed by atoms with Crippen molar-refractivity contribution in [3.05, 3.63) is 47.4 Å². The van der Waals surface area contributed by atoms with E-state index < -0.39 is 0 Å². The molecule has 3 rings (SSSR count). The Morgan fingerprint density at radius 2 is 2.32 bits per heavy atom. The van der Waals surface area contributed by atoms with E-state index in [-0.39, 0.29) is 17.7 Å². The highest BCUT2D eigenvalue weighted by Crippen LogP contribution is 2.21. The van der Waals surface area contributed by atoms with Gasteiger partial charge >= 0.3 is 0 Å². The maximum atomic E-state index is 8.60. The van der Waals surface area contributed by atoms with Gasteiger partial charge in [-0.2, -0.15) is 0 Å². The van der Waals surface area contributed by atoms with Crippen LogP contribution in [0.3, 0.4) is 0 Å². The van der Waals surface area contributed by atoms with Crippen LogP contribution in [-0.2, 0) is 0 Å². The van der Waals surface area contributed by atoms with Gasteiger partial charge < -0.3 is 21.2 Å². The topological polar surface area (TPSA) is 133 Å². The molecule has 146 valence electrons. The van der Waals surface area contributed by atoms with Crippen LogP contribution in [0.5, 0.6) is 5.88 Å². The number of aromatic nitrogens is 2. The molecule has 0 saturated carbocycles. The van der Waals surface area contributed by atoms with Crippen LogP contribution in [0, 0.1) is 10.8 Å². The van der Waals surface area contributed by atoms with E-state index in [1.165, 1.54) is 12.4 Å². The van der Waals surface area contributed by atoms with Gasteiger partial charge in [-0.05, 0) is 31.5 Å². The largest absolute Gasteiger partial charge is 0.473 e. The third-order valence-corrected chi connectivity index (χ3v) is 4.57. The molecule has 1 aliphatic heterocycles. The van der Waals surface area contributed by atoms with Crippen molar-refractivity contribution in [2.75, 3.05) is 25.9 Å². The number of nitrogens with zero attached hydrogens (tertiary/aromatic N) is 3. The molecular formula is C20H25N7O. The number of hydrogen-bond acceptors (Lipinski definition) is 8. The Labute approximate surface area is 164 Å². The van der Waals surface area contributed by atoms with Gasteiger partial charge in [0, 0.05) is 37.7 Å². The van der Waals surface area contributed by atoms with E-state index in [9.17, 15) is 0 Å². The SMILES string of the molecule is CN=CC(C=N)c1cc(C(=N)c2cccc(OC3CCCNC3)n2)c(N)cn1. The molecule has 3 heterocycles. The smallest absolute Gasteiger partial charge is 0.214 e. The van der Waals surface area contributed by atoms with E-state index in [4.69, 9.17) is 21.3 Å². The summed E-state index contributed by atoms with van der Waals surface area (Å²) in [6.07, 6.45) is 6.54. The molecule has 2 atom stereocenters. The minimum absolute atomic E-state index is 0.0879. The third-order valence-electron chi connectivity index (χ3n) is 4.57. The molecule has 28 heavy (non-hydrogen) atoms. The monoisotopic (exact) mass is 379 g/mol. The summed E-state index contributed by atoms with van der Waals surface area (Å²) in [5.41, 5.74) is 8.24. The molecule has 0 radical (unpaired) electrons. The van der Waals surface area contributed by atoms with Crippen molar-refractivity contribution in [1.29, 1.82) is 10.8 Å². The van der Waals surface area contributed by atoms with Gasteiger partial charge in [-0.15, -0.1) is 0 Å². The first-order chi connectivity index (χ1) is 13.6. The van der Waals surface area contributed by atoms with Crippen molar-refractivity contribution < 1.29 is 4.74 Å². The second kappa shape index (κ2) is 9.18. The molecule has 8 heteroatoms. The molecular weight excluding hydrogens is 354 g/mol. The molecule has 2 aromatic rings. The lowest BCUT2D eigenvalue weighted by molar-refractivity contribution is 0.160. The quantitative estimate of drug-likeness (QED) is 0.546. The molecule has 0 aliphatic carbocycles. The van der Waals surface area contributed by atoms with Crippen LogP contribution in [0.4, 0.5) is 5.69 Å². The Balaban J connectivity index is 1.85. The fourth-order valence-electron chi connectivity index (χ4n) is 3.10. The predicted octanol–water partition coefficient (Wildman–Crippen LogP) is 2.04. The van der Waals surface area contributed by atoms with Crippen LogP contribution in [0.15, 0.2) is 35.5 Å². The van der Waals surface area contributed by atoms with Crippen molar-refractivity contribution >= 4 is 23.8 Å². The lowest BCUT2D eigenvalue weighted by Crippen LogP contribution is -2.37. The second-order valence-electron chi connectivity index (χ2n) is 6.62. The minimum atomic E-state index is -0.362. The van der Waals surface area contributed by atoms with E-state index in [2.05, 4.69) is 20.3 Å². The highest BCUT2D eigenvalue weighted by atomic mass is 16.5. The van der Waals surface area contributed by atoms with Crippen LogP contribution in [0.2, 0.25) is 0 Å². The number of nitrogens with one attached hydrogen (secondary N) is 3. The first-order valence-corrected chi connectivity index (χ1v) is 9.24.